The predicted octanol–water partition coefficient (Wildman–Crippen LogP) is 4.19. The van der Waals surface area contributed by atoms with Crippen molar-refractivity contribution in [1.29, 1.82) is 0 Å². The molecule has 0 amide bonds. The smallest absolute Gasteiger partial charge is 0.137 e. The van der Waals surface area contributed by atoms with Crippen molar-refractivity contribution >= 4 is 11.6 Å². The van der Waals surface area contributed by atoms with Crippen molar-refractivity contribution in [3.63, 3.8) is 0 Å². The van der Waals surface area contributed by atoms with Gasteiger partial charge in [-0.15, -0.1) is 0 Å². The second-order valence-corrected chi connectivity index (χ2v) is 6.29. The Bertz CT molecular complexity index is 444. The van der Waals surface area contributed by atoms with Gasteiger partial charge in [0.05, 0.1) is 0 Å². The van der Waals surface area contributed by atoms with Crippen LogP contribution in [0.1, 0.15) is 71.3 Å². The van der Waals surface area contributed by atoms with E-state index in [4.69, 9.17) is 0 Å². The molecule has 2 rings (SSSR count). The lowest BCUT2D eigenvalue weighted by molar-refractivity contribution is 0.445. The first-order valence-electron chi connectivity index (χ1n) is 8.54. The maximum Gasteiger partial charge on any atom is 0.137 e. The number of aromatic nitrogens is 2. The van der Waals surface area contributed by atoms with Crippen LogP contribution in [0, 0.1) is 0 Å². The standard InChI is InChI=1S/C17H30N4/c1-5-10-18-16-15(13(3)4)17(20-12-19-16)21-11-8-7-9-14(21)6-2/h12-14H,5-11H2,1-4H3,(H,18,19,20). The van der Waals surface area contributed by atoms with Gasteiger partial charge in [0.25, 0.3) is 0 Å². The molecule has 1 saturated heterocycles. The number of nitrogens with one attached hydrogen (secondary N) is 1. The van der Waals surface area contributed by atoms with Crippen molar-refractivity contribution in [3.8, 4) is 0 Å². The van der Waals surface area contributed by atoms with Crippen LogP contribution in [0.5, 0.6) is 0 Å². The molecule has 0 radical (unpaired) electrons. The molecular formula is C17H30N4. The van der Waals surface area contributed by atoms with E-state index in [0.29, 0.717) is 12.0 Å². The lowest BCUT2D eigenvalue weighted by Crippen LogP contribution is -2.40. The highest BCUT2D eigenvalue weighted by molar-refractivity contribution is 5.61. The number of anilines is 2. The van der Waals surface area contributed by atoms with Crippen LogP contribution >= 0.6 is 0 Å². The molecule has 1 fully saturated rings. The molecular weight excluding hydrogens is 260 g/mol. The van der Waals surface area contributed by atoms with E-state index in [9.17, 15) is 0 Å². The zero-order valence-electron chi connectivity index (χ0n) is 14.0. The molecule has 2 heterocycles. The fourth-order valence-electron chi connectivity index (χ4n) is 3.23. The second-order valence-electron chi connectivity index (χ2n) is 6.29. The molecule has 1 aromatic heterocycles. The van der Waals surface area contributed by atoms with Crippen molar-refractivity contribution in [1.82, 2.24) is 9.97 Å². The van der Waals surface area contributed by atoms with Gasteiger partial charge < -0.3 is 10.2 Å². The van der Waals surface area contributed by atoms with Gasteiger partial charge in [0.2, 0.25) is 0 Å². The topological polar surface area (TPSA) is 41.1 Å². The van der Waals surface area contributed by atoms with E-state index in [1.807, 2.05) is 0 Å². The molecule has 0 aliphatic carbocycles. The average molecular weight is 290 g/mol. The number of rotatable bonds is 6. The summed E-state index contributed by atoms with van der Waals surface area (Å²) in [5.74, 6) is 2.61. The van der Waals surface area contributed by atoms with Gasteiger partial charge in [0.1, 0.15) is 18.0 Å². The Morgan fingerprint density at radius 3 is 2.76 bits per heavy atom. The third kappa shape index (κ3) is 3.66. The lowest BCUT2D eigenvalue weighted by Gasteiger charge is -2.38. The first kappa shape index (κ1) is 16.1. The van der Waals surface area contributed by atoms with Crippen molar-refractivity contribution in [2.24, 2.45) is 0 Å². The SMILES string of the molecule is CCCNc1ncnc(N2CCCCC2CC)c1C(C)C. The van der Waals surface area contributed by atoms with Gasteiger partial charge >= 0.3 is 0 Å². The largest absolute Gasteiger partial charge is 0.370 e. The van der Waals surface area contributed by atoms with Gasteiger partial charge in [0.15, 0.2) is 0 Å². The van der Waals surface area contributed by atoms with Crippen molar-refractivity contribution in [2.75, 3.05) is 23.3 Å². The quantitative estimate of drug-likeness (QED) is 0.853. The molecule has 1 N–H and O–H groups in total. The van der Waals surface area contributed by atoms with Crippen LogP contribution in [0.25, 0.3) is 0 Å². The lowest BCUT2D eigenvalue weighted by atomic mass is 9.97. The molecule has 4 nitrogen and oxygen atoms in total. The van der Waals surface area contributed by atoms with E-state index in [0.717, 1.165) is 31.1 Å². The highest BCUT2D eigenvalue weighted by Crippen LogP contribution is 2.34. The summed E-state index contributed by atoms with van der Waals surface area (Å²) in [4.78, 5) is 11.7. The second kappa shape index (κ2) is 7.62. The van der Waals surface area contributed by atoms with Gasteiger partial charge in [-0.3, -0.25) is 0 Å². The molecule has 0 spiro atoms. The van der Waals surface area contributed by atoms with E-state index in [2.05, 4.69) is 47.9 Å². The van der Waals surface area contributed by atoms with Crippen LogP contribution in [-0.4, -0.2) is 29.1 Å². The van der Waals surface area contributed by atoms with E-state index in [-0.39, 0.29) is 0 Å². The number of hydrogen-bond acceptors (Lipinski definition) is 4. The Morgan fingerprint density at radius 1 is 1.29 bits per heavy atom. The van der Waals surface area contributed by atoms with Gasteiger partial charge in [-0.2, -0.15) is 0 Å². The van der Waals surface area contributed by atoms with Gasteiger partial charge in [-0.1, -0.05) is 27.7 Å². The van der Waals surface area contributed by atoms with Crippen LogP contribution in [0.3, 0.4) is 0 Å². The normalized spacial score (nSPS) is 19.1. The Morgan fingerprint density at radius 2 is 2.10 bits per heavy atom. The highest BCUT2D eigenvalue weighted by atomic mass is 15.2. The molecule has 1 aliphatic rings. The van der Waals surface area contributed by atoms with Crippen LogP contribution in [0.2, 0.25) is 0 Å². The van der Waals surface area contributed by atoms with E-state index in [1.165, 1.54) is 31.2 Å². The Kier molecular flexibility index (Phi) is 5.83. The fourth-order valence-corrected chi connectivity index (χ4v) is 3.23. The van der Waals surface area contributed by atoms with Crippen molar-refractivity contribution < 1.29 is 0 Å². The summed E-state index contributed by atoms with van der Waals surface area (Å²) in [6.45, 7) is 11.0. The monoisotopic (exact) mass is 290 g/mol. The predicted molar refractivity (Wildman–Crippen MR) is 90.2 cm³/mol. The molecule has 4 heteroatoms. The first-order chi connectivity index (χ1) is 10.2. The highest BCUT2D eigenvalue weighted by Gasteiger charge is 2.26. The summed E-state index contributed by atoms with van der Waals surface area (Å²) >= 11 is 0. The molecule has 0 saturated carbocycles. The summed E-state index contributed by atoms with van der Waals surface area (Å²) in [7, 11) is 0. The summed E-state index contributed by atoms with van der Waals surface area (Å²) in [5.41, 5.74) is 1.28. The molecule has 1 atom stereocenters. The molecule has 1 unspecified atom stereocenters. The summed E-state index contributed by atoms with van der Waals surface area (Å²) in [6.07, 6.45) is 7.93. The number of hydrogen-bond donors (Lipinski definition) is 1. The van der Waals surface area contributed by atoms with Crippen molar-refractivity contribution in [2.45, 2.75) is 71.8 Å². The van der Waals surface area contributed by atoms with Gasteiger partial charge in [-0.05, 0) is 38.0 Å². The van der Waals surface area contributed by atoms with Crippen molar-refractivity contribution in [3.05, 3.63) is 11.9 Å². The van der Waals surface area contributed by atoms with Gasteiger partial charge in [0, 0.05) is 24.7 Å². The molecule has 21 heavy (non-hydrogen) atoms. The van der Waals surface area contributed by atoms with Crippen LogP contribution in [0.15, 0.2) is 6.33 Å². The maximum absolute atomic E-state index is 4.67. The zero-order valence-corrected chi connectivity index (χ0v) is 14.0. The minimum absolute atomic E-state index is 0.431. The Hall–Kier alpha value is -1.32. The summed E-state index contributed by atoms with van der Waals surface area (Å²) < 4.78 is 0. The molecule has 118 valence electrons. The molecule has 1 aliphatic heterocycles. The molecule has 1 aromatic rings. The molecule has 0 aromatic carbocycles. The van der Waals surface area contributed by atoms with Crippen LogP contribution in [-0.2, 0) is 0 Å². The van der Waals surface area contributed by atoms with E-state index >= 15 is 0 Å². The summed E-state index contributed by atoms with van der Waals surface area (Å²) in [6, 6.07) is 0.630. The minimum atomic E-state index is 0.431. The fraction of sp³-hybridized carbons (Fsp3) is 0.765. The van der Waals surface area contributed by atoms with E-state index < -0.39 is 0 Å². The van der Waals surface area contributed by atoms with Crippen LogP contribution < -0.4 is 10.2 Å². The number of piperidine rings is 1. The average Bonchev–Trinajstić information content (AvgIpc) is 2.52. The maximum atomic E-state index is 4.67. The zero-order chi connectivity index (χ0) is 15.2. The first-order valence-corrected chi connectivity index (χ1v) is 8.54. The van der Waals surface area contributed by atoms with Crippen LogP contribution in [0.4, 0.5) is 11.6 Å². The van der Waals surface area contributed by atoms with Gasteiger partial charge in [-0.25, -0.2) is 9.97 Å². The summed E-state index contributed by atoms with van der Waals surface area (Å²) in [5, 5.41) is 3.48. The third-order valence-corrected chi connectivity index (χ3v) is 4.35. The number of nitrogens with zero attached hydrogens (tertiary/aromatic N) is 3. The van der Waals surface area contributed by atoms with E-state index in [1.54, 1.807) is 6.33 Å². The minimum Gasteiger partial charge on any atom is -0.370 e. The Labute approximate surface area is 129 Å². The Balaban J connectivity index is 2.36. The third-order valence-electron chi connectivity index (χ3n) is 4.35. The molecule has 0 bridgehead atoms.